The normalized spacial score (nSPS) is 17.4. The molecule has 0 radical (unpaired) electrons. The third-order valence-electron chi connectivity index (χ3n) is 6.15. The molecule has 0 spiro atoms. The fraction of sp³-hybridized carbons (Fsp3) is 0.320. The van der Waals surface area contributed by atoms with E-state index >= 15 is 0 Å². The van der Waals surface area contributed by atoms with Crippen LogP contribution in [0.4, 0.5) is 16.2 Å². The number of nitrogens with zero attached hydrogens (tertiary/aromatic N) is 4. The van der Waals surface area contributed by atoms with Gasteiger partial charge in [0.05, 0.1) is 36.8 Å². The smallest absolute Gasteiger partial charge is 0.420 e. The van der Waals surface area contributed by atoms with Crippen molar-refractivity contribution >= 4 is 35.0 Å². The Bertz CT molecular complexity index is 1270. The number of benzene rings is 2. The highest BCUT2D eigenvalue weighted by Gasteiger charge is 2.35. The maximum atomic E-state index is 13.4. The molecule has 1 saturated carbocycles. The van der Waals surface area contributed by atoms with Crippen LogP contribution in [-0.4, -0.2) is 41.5 Å². The highest BCUT2D eigenvalue weighted by molar-refractivity contribution is 6.30. The monoisotopic (exact) mass is 480 g/mol. The Morgan fingerprint density at radius 3 is 2.56 bits per heavy atom. The van der Waals surface area contributed by atoms with Crippen molar-refractivity contribution in [3.63, 3.8) is 0 Å². The Labute approximate surface area is 202 Å². The van der Waals surface area contributed by atoms with E-state index in [1.807, 2.05) is 42.2 Å². The van der Waals surface area contributed by atoms with Crippen molar-refractivity contribution in [1.29, 1.82) is 0 Å². The van der Waals surface area contributed by atoms with E-state index in [-0.39, 0.29) is 24.2 Å². The number of halogens is 1. The molecule has 0 saturated heterocycles. The Morgan fingerprint density at radius 1 is 1.06 bits per heavy atom. The molecule has 2 aromatic carbocycles. The zero-order chi connectivity index (χ0) is 24.0. The minimum absolute atomic E-state index is 0.0876. The van der Waals surface area contributed by atoms with E-state index in [1.165, 1.54) is 14.0 Å². The molecule has 2 heterocycles. The van der Waals surface area contributed by atoms with Gasteiger partial charge in [0.15, 0.2) is 11.5 Å². The van der Waals surface area contributed by atoms with Gasteiger partial charge in [0, 0.05) is 36.3 Å². The number of amides is 2. The van der Waals surface area contributed by atoms with Crippen molar-refractivity contribution in [1.82, 2.24) is 9.78 Å². The summed E-state index contributed by atoms with van der Waals surface area (Å²) in [4.78, 5) is 29.1. The summed E-state index contributed by atoms with van der Waals surface area (Å²) < 4.78 is 13.0. The van der Waals surface area contributed by atoms with Crippen LogP contribution in [0.3, 0.4) is 0 Å². The first-order valence-corrected chi connectivity index (χ1v) is 11.5. The fourth-order valence-electron chi connectivity index (χ4n) is 4.36. The maximum absolute atomic E-state index is 13.4. The number of carbonyl (C=O) groups excluding carboxylic acids is 2. The minimum Gasteiger partial charge on any atom is -0.493 e. The van der Waals surface area contributed by atoms with Gasteiger partial charge in [0.1, 0.15) is 0 Å². The van der Waals surface area contributed by atoms with Crippen LogP contribution in [-0.2, 0) is 4.79 Å². The fourth-order valence-corrected chi connectivity index (χ4v) is 4.52. The molecule has 0 bridgehead atoms. The molecule has 5 rings (SSSR count). The summed E-state index contributed by atoms with van der Waals surface area (Å²) in [6.45, 7) is 3.72. The maximum Gasteiger partial charge on any atom is 0.420 e. The van der Waals surface area contributed by atoms with Gasteiger partial charge in [0.2, 0.25) is 5.91 Å². The van der Waals surface area contributed by atoms with E-state index in [1.54, 1.807) is 28.0 Å². The quantitative estimate of drug-likeness (QED) is 0.506. The molecule has 1 fully saturated rings. The first-order valence-electron chi connectivity index (χ1n) is 11.2. The number of methoxy groups -OCH3 is 1. The van der Waals surface area contributed by atoms with Crippen LogP contribution in [0, 0.1) is 0 Å². The number of rotatable bonds is 4. The molecule has 1 aromatic heterocycles. The molecule has 1 aliphatic carbocycles. The van der Waals surface area contributed by atoms with E-state index in [4.69, 9.17) is 21.1 Å². The molecule has 1 unspecified atom stereocenters. The predicted octanol–water partition coefficient (Wildman–Crippen LogP) is 5.31. The zero-order valence-electron chi connectivity index (χ0n) is 19.2. The number of aromatic nitrogens is 2. The predicted molar refractivity (Wildman–Crippen MR) is 130 cm³/mol. The van der Waals surface area contributed by atoms with Gasteiger partial charge < -0.3 is 14.4 Å². The standard InChI is InChI=1S/C25H25ClN4O4/c1-15-13-28(25(32)34-23-9-5-19(26)11-24(23)33-3)22-10-17(4-8-21(22)30(15)16(2)31)18-12-27-29(14-18)20-6-7-20/h4-5,8-12,14-15,20H,6-7,13H2,1-3H3. The Balaban J connectivity index is 1.52. The molecule has 34 heavy (non-hydrogen) atoms. The number of ether oxygens (including phenoxy) is 2. The highest BCUT2D eigenvalue weighted by Crippen LogP contribution is 2.41. The molecule has 176 valence electrons. The lowest BCUT2D eigenvalue weighted by Gasteiger charge is -2.40. The molecule has 8 nitrogen and oxygen atoms in total. The first-order chi connectivity index (χ1) is 16.4. The summed E-state index contributed by atoms with van der Waals surface area (Å²) in [7, 11) is 1.49. The van der Waals surface area contributed by atoms with Gasteiger partial charge in [-0.2, -0.15) is 5.10 Å². The van der Waals surface area contributed by atoms with Crippen molar-refractivity contribution in [2.75, 3.05) is 23.5 Å². The molecule has 1 aliphatic heterocycles. The van der Waals surface area contributed by atoms with Crippen molar-refractivity contribution in [2.24, 2.45) is 0 Å². The van der Waals surface area contributed by atoms with E-state index < -0.39 is 6.09 Å². The van der Waals surface area contributed by atoms with Crippen LogP contribution in [0.1, 0.15) is 32.7 Å². The molecule has 9 heteroatoms. The lowest BCUT2D eigenvalue weighted by atomic mass is 10.0. The van der Waals surface area contributed by atoms with Crippen molar-refractivity contribution < 1.29 is 19.1 Å². The first kappa shape index (κ1) is 22.3. The van der Waals surface area contributed by atoms with Crippen molar-refractivity contribution in [3.05, 3.63) is 53.8 Å². The third-order valence-corrected chi connectivity index (χ3v) is 6.39. The summed E-state index contributed by atoms with van der Waals surface area (Å²) in [5.41, 5.74) is 3.12. The Morgan fingerprint density at radius 2 is 1.85 bits per heavy atom. The summed E-state index contributed by atoms with van der Waals surface area (Å²) in [5, 5.41) is 4.95. The van der Waals surface area contributed by atoms with Crippen LogP contribution in [0.5, 0.6) is 11.5 Å². The molecule has 0 N–H and O–H groups in total. The van der Waals surface area contributed by atoms with E-state index in [0.717, 1.165) is 24.0 Å². The second-order valence-electron chi connectivity index (χ2n) is 8.66. The summed E-state index contributed by atoms with van der Waals surface area (Å²) in [6.07, 6.45) is 5.57. The van der Waals surface area contributed by atoms with Gasteiger partial charge in [-0.05, 0) is 49.6 Å². The number of fused-ring (bicyclic) bond motifs is 1. The summed E-state index contributed by atoms with van der Waals surface area (Å²) >= 11 is 6.04. The topological polar surface area (TPSA) is 76.9 Å². The lowest BCUT2D eigenvalue weighted by molar-refractivity contribution is -0.117. The Hall–Kier alpha value is -3.52. The van der Waals surface area contributed by atoms with Crippen molar-refractivity contribution in [3.8, 4) is 22.6 Å². The molecule has 2 aliphatic rings. The number of hydrogen-bond donors (Lipinski definition) is 0. The van der Waals surface area contributed by atoms with E-state index in [9.17, 15) is 9.59 Å². The third kappa shape index (κ3) is 4.09. The second kappa shape index (κ2) is 8.68. The number of hydrogen-bond acceptors (Lipinski definition) is 5. The van der Waals surface area contributed by atoms with Crippen molar-refractivity contribution in [2.45, 2.75) is 38.8 Å². The van der Waals surface area contributed by atoms with E-state index in [0.29, 0.717) is 28.2 Å². The average molecular weight is 481 g/mol. The zero-order valence-corrected chi connectivity index (χ0v) is 20.0. The SMILES string of the molecule is COc1cc(Cl)ccc1OC(=O)N1CC(C)N(C(C)=O)c2ccc(-c3cnn(C4CC4)c3)cc21. The van der Waals surface area contributed by atoms with Gasteiger partial charge in [-0.15, -0.1) is 0 Å². The Kier molecular flexibility index (Phi) is 5.69. The van der Waals surface area contributed by atoms with Crippen LogP contribution in [0.15, 0.2) is 48.8 Å². The van der Waals surface area contributed by atoms with Gasteiger partial charge in [-0.1, -0.05) is 17.7 Å². The highest BCUT2D eigenvalue weighted by atomic mass is 35.5. The summed E-state index contributed by atoms with van der Waals surface area (Å²) in [6, 6.07) is 10.8. The molecular formula is C25H25ClN4O4. The number of anilines is 2. The van der Waals surface area contributed by atoms with Crippen LogP contribution >= 0.6 is 11.6 Å². The van der Waals surface area contributed by atoms with Gasteiger partial charge in [-0.25, -0.2) is 4.79 Å². The molecular weight excluding hydrogens is 456 g/mol. The summed E-state index contributed by atoms with van der Waals surface area (Å²) in [5.74, 6) is 0.537. The van der Waals surface area contributed by atoms with Gasteiger partial charge >= 0.3 is 6.09 Å². The molecule has 3 aromatic rings. The largest absolute Gasteiger partial charge is 0.493 e. The molecule has 2 amide bonds. The second-order valence-corrected chi connectivity index (χ2v) is 9.09. The molecule has 1 atom stereocenters. The minimum atomic E-state index is -0.567. The van der Waals surface area contributed by atoms with Crippen LogP contribution < -0.4 is 19.3 Å². The number of carbonyl (C=O) groups is 2. The van der Waals surface area contributed by atoms with Crippen LogP contribution in [0.25, 0.3) is 11.1 Å². The average Bonchev–Trinajstić information content (AvgIpc) is 3.55. The van der Waals surface area contributed by atoms with Gasteiger partial charge in [0.25, 0.3) is 0 Å². The van der Waals surface area contributed by atoms with Gasteiger partial charge in [-0.3, -0.25) is 14.4 Å². The van der Waals surface area contributed by atoms with Crippen LogP contribution in [0.2, 0.25) is 5.02 Å². The lowest BCUT2D eigenvalue weighted by Crippen LogP contribution is -2.52. The van der Waals surface area contributed by atoms with E-state index in [2.05, 4.69) is 5.10 Å².